The molecular formula is C7H9NO2. The molecule has 54 valence electrons. The maximum absolute atomic E-state index is 10.4. The summed E-state index contributed by atoms with van der Waals surface area (Å²) in [5.41, 5.74) is 4.83. The Morgan fingerprint density at radius 3 is 2.00 bits per heavy atom. The van der Waals surface area contributed by atoms with Gasteiger partial charge in [-0.25, -0.2) is 0 Å². The second-order valence-corrected chi connectivity index (χ2v) is 1.57. The largest absolute Gasteiger partial charge is 0.507 e. The van der Waals surface area contributed by atoms with E-state index in [2.05, 4.69) is 13.2 Å². The molecule has 3 heteroatoms. The molecule has 3 N–H and O–H groups in total. The Kier molecular flexibility index (Phi) is 2.97. The monoisotopic (exact) mass is 139 g/mol. The summed E-state index contributed by atoms with van der Waals surface area (Å²) in [5.74, 6) is -0.963. The molecule has 0 unspecified atom stereocenters. The number of rotatable bonds is 3. The van der Waals surface area contributed by atoms with Crippen molar-refractivity contribution >= 4 is 5.91 Å². The number of carbonyl (C=O) groups excluding carboxylic acids is 1. The molecule has 3 nitrogen and oxygen atoms in total. The van der Waals surface area contributed by atoms with Crippen LogP contribution in [0, 0.1) is 0 Å². The van der Waals surface area contributed by atoms with Crippen molar-refractivity contribution in [3.8, 4) is 0 Å². The van der Waals surface area contributed by atoms with Crippen LogP contribution in [0.4, 0.5) is 0 Å². The van der Waals surface area contributed by atoms with Crippen LogP contribution in [0.15, 0.2) is 36.6 Å². The fraction of sp³-hybridized carbons (Fsp3) is 0. The third-order valence-electron chi connectivity index (χ3n) is 0.939. The van der Waals surface area contributed by atoms with Crippen molar-refractivity contribution in [3.05, 3.63) is 36.6 Å². The summed E-state index contributed by atoms with van der Waals surface area (Å²) < 4.78 is 0. The van der Waals surface area contributed by atoms with Crippen molar-refractivity contribution < 1.29 is 9.90 Å². The van der Waals surface area contributed by atoms with E-state index in [4.69, 9.17) is 10.8 Å². The Labute approximate surface area is 59.2 Å². The Bertz CT molecular complexity index is 204. The zero-order chi connectivity index (χ0) is 8.15. The van der Waals surface area contributed by atoms with Gasteiger partial charge >= 0.3 is 0 Å². The molecule has 0 aliphatic rings. The standard InChI is InChI=1S/C7H9NO2/c1-3-5(7(8)10)6(9)4-2/h3-4,9H,1-2H2,(H2,8,10)/b6-5-. The first kappa shape index (κ1) is 8.49. The van der Waals surface area contributed by atoms with Crippen LogP contribution in [-0.2, 0) is 4.79 Å². The average Bonchev–Trinajstić information content (AvgIpc) is 1.88. The van der Waals surface area contributed by atoms with E-state index in [1.54, 1.807) is 0 Å². The highest BCUT2D eigenvalue weighted by Crippen LogP contribution is 2.01. The van der Waals surface area contributed by atoms with Crippen molar-refractivity contribution in [1.82, 2.24) is 0 Å². The Hall–Kier alpha value is -1.51. The van der Waals surface area contributed by atoms with Crippen LogP contribution in [0.25, 0.3) is 0 Å². The fourth-order valence-electron chi connectivity index (χ4n) is 0.441. The molecule has 0 atom stereocenters. The van der Waals surface area contributed by atoms with Gasteiger partial charge in [-0.2, -0.15) is 0 Å². The number of allylic oxidation sites excluding steroid dienone is 1. The zero-order valence-electron chi connectivity index (χ0n) is 5.50. The smallest absolute Gasteiger partial charge is 0.252 e. The molecule has 10 heavy (non-hydrogen) atoms. The first-order valence-electron chi connectivity index (χ1n) is 2.61. The Morgan fingerprint density at radius 2 is 1.90 bits per heavy atom. The number of hydrogen-bond acceptors (Lipinski definition) is 2. The maximum Gasteiger partial charge on any atom is 0.252 e. The van der Waals surface area contributed by atoms with Gasteiger partial charge in [-0.1, -0.05) is 19.2 Å². The summed E-state index contributed by atoms with van der Waals surface area (Å²) in [6.45, 7) is 6.53. The van der Waals surface area contributed by atoms with Crippen LogP contribution in [-0.4, -0.2) is 11.0 Å². The molecule has 0 saturated heterocycles. The van der Waals surface area contributed by atoms with E-state index in [1.807, 2.05) is 0 Å². The molecule has 0 heterocycles. The third kappa shape index (κ3) is 1.78. The molecule has 0 radical (unpaired) electrons. The van der Waals surface area contributed by atoms with Crippen molar-refractivity contribution in [2.45, 2.75) is 0 Å². The molecule has 0 spiro atoms. The molecule has 0 rings (SSSR count). The van der Waals surface area contributed by atoms with Crippen LogP contribution in [0.1, 0.15) is 0 Å². The van der Waals surface area contributed by atoms with Crippen LogP contribution >= 0.6 is 0 Å². The number of amides is 1. The lowest BCUT2D eigenvalue weighted by atomic mass is 10.2. The second kappa shape index (κ2) is 3.50. The van der Waals surface area contributed by atoms with Gasteiger partial charge in [0.2, 0.25) is 0 Å². The minimum absolute atomic E-state index is 0.0185. The van der Waals surface area contributed by atoms with Crippen LogP contribution < -0.4 is 5.73 Å². The van der Waals surface area contributed by atoms with Gasteiger partial charge in [0.05, 0.1) is 5.57 Å². The van der Waals surface area contributed by atoms with E-state index in [0.717, 1.165) is 6.08 Å². The highest BCUT2D eigenvalue weighted by atomic mass is 16.3. The SMILES string of the molecule is C=C/C(O)=C(\C=C)C(N)=O. The van der Waals surface area contributed by atoms with Gasteiger partial charge in [-0.15, -0.1) is 0 Å². The van der Waals surface area contributed by atoms with Crippen LogP contribution in [0.5, 0.6) is 0 Å². The van der Waals surface area contributed by atoms with Gasteiger partial charge in [0.1, 0.15) is 5.76 Å². The van der Waals surface area contributed by atoms with E-state index in [0.29, 0.717) is 0 Å². The predicted molar refractivity (Wildman–Crippen MR) is 39.2 cm³/mol. The maximum atomic E-state index is 10.4. The number of primary amides is 1. The van der Waals surface area contributed by atoms with Crippen molar-refractivity contribution in [2.75, 3.05) is 0 Å². The van der Waals surface area contributed by atoms with Gasteiger partial charge in [0, 0.05) is 0 Å². The number of aliphatic hydroxyl groups is 1. The second-order valence-electron chi connectivity index (χ2n) is 1.57. The highest BCUT2D eigenvalue weighted by molar-refractivity contribution is 5.95. The summed E-state index contributed by atoms with van der Waals surface area (Å²) in [4.78, 5) is 10.4. The van der Waals surface area contributed by atoms with Crippen molar-refractivity contribution in [2.24, 2.45) is 5.73 Å². The van der Waals surface area contributed by atoms with E-state index in [1.165, 1.54) is 6.08 Å². The molecular weight excluding hydrogens is 130 g/mol. The zero-order valence-corrected chi connectivity index (χ0v) is 5.50. The Balaban J connectivity index is 4.79. The summed E-state index contributed by atoms with van der Waals surface area (Å²) >= 11 is 0. The van der Waals surface area contributed by atoms with Crippen LogP contribution in [0.2, 0.25) is 0 Å². The number of nitrogens with two attached hydrogens (primary N) is 1. The summed E-state index contributed by atoms with van der Waals surface area (Å²) in [7, 11) is 0. The lowest BCUT2D eigenvalue weighted by Gasteiger charge is -1.95. The lowest BCUT2D eigenvalue weighted by molar-refractivity contribution is -0.114. The minimum Gasteiger partial charge on any atom is -0.507 e. The summed E-state index contributed by atoms with van der Waals surface area (Å²) in [5, 5.41) is 8.88. The Morgan fingerprint density at radius 1 is 1.40 bits per heavy atom. The topological polar surface area (TPSA) is 63.3 Å². The van der Waals surface area contributed by atoms with E-state index >= 15 is 0 Å². The first-order chi connectivity index (χ1) is 4.63. The molecule has 0 aromatic carbocycles. The average molecular weight is 139 g/mol. The molecule has 0 aromatic heterocycles. The van der Waals surface area contributed by atoms with Crippen molar-refractivity contribution in [1.29, 1.82) is 0 Å². The van der Waals surface area contributed by atoms with Gasteiger partial charge in [0.25, 0.3) is 5.91 Å². The van der Waals surface area contributed by atoms with Crippen LogP contribution in [0.3, 0.4) is 0 Å². The number of carbonyl (C=O) groups is 1. The molecule has 0 aliphatic heterocycles. The lowest BCUT2D eigenvalue weighted by Crippen LogP contribution is -2.13. The minimum atomic E-state index is -0.715. The van der Waals surface area contributed by atoms with Gasteiger partial charge in [-0.05, 0) is 6.08 Å². The molecule has 0 saturated carbocycles. The van der Waals surface area contributed by atoms with Crippen molar-refractivity contribution in [3.63, 3.8) is 0 Å². The van der Waals surface area contributed by atoms with Gasteiger partial charge in [0.15, 0.2) is 0 Å². The number of aliphatic hydroxyl groups excluding tert-OH is 1. The predicted octanol–water partition coefficient (Wildman–Crippen LogP) is 0.656. The third-order valence-corrected chi connectivity index (χ3v) is 0.939. The summed E-state index contributed by atoms with van der Waals surface area (Å²) in [6, 6.07) is 0. The molecule has 0 fully saturated rings. The highest BCUT2D eigenvalue weighted by Gasteiger charge is 2.03. The normalized spacial score (nSPS) is 11.6. The molecule has 1 amide bonds. The summed E-state index contributed by atoms with van der Waals surface area (Å²) in [6.07, 6.45) is 2.31. The van der Waals surface area contributed by atoms with E-state index in [-0.39, 0.29) is 11.3 Å². The molecule has 0 aliphatic carbocycles. The quantitative estimate of drug-likeness (QED) is 0.342. The van der Waals surface area contributed by atoms with E-state index < -0.39 is 5.91 Å². The molecule has 0 aromatic rings. The fourth-order valence-corrected chi connectivity index (χ4v) is 0.441. The van der Waals surface area contributed by atoms with E-state index in [9.17, 15) is 4.79 Å². The molecule has 0 bridgehead atoms. The number of hydrogen-bond donors (Lipinski definition) is 2. The van der Waals surface area contributed by atoms with Gasteiger partial charge < -0.3 is 10.8 Å². The first-order valence-corrected chi connectivity index (χ1v) is 2.61. The van der Waals surface area contributed by atoms with Gasteiger partial charge in [-0.3, -0.25) is 4.79 Å².